The minimum Gasteiger partial charge on any atom is -0.453 e. The molecule has 0 aliphatic heterocycles. The van der Waals surface area contributed by atoms with Crippen LogP contribution >= 0.6 is 22.6 Å². The van der Waals surface area contributed by atoms with Crippen molar-refractivity contribution in [1.29, 1.82) is 0 Å². The van der Waals surface area contributed by atoms with Gasteiger partial charge in [0.05, 0.1) is 5.56 Å². The van der Waals surface area contributed by atoms with Gasteiger partial charge in [0.15, 0.2) is 11.9 Å². The third-order valence-corrected chi connectivity index (χ3v) is 4.22. The first-order chi connectivity index (χ1) is 10.1. The zero-order chi connectivity index (χ0) is 15.2. The van der Waals surface area contributed by atoms with Crippen molar-refractivity contribution in [1.82, 2.24) is 5.32 Å². The Morgan fingerprint density at radius 1 is 1.29 bits per heavy atom. The molecule has 0 unspecified atom stereocenters. The van der Waals surface area contributed by atoms with Crippen LogP contribution in [0.5, 0.6) is 0 Å². The van der Waals surface area contributed by atoms with E-state index >= 15 is 0 Å². The maximum Gasteiger partial charge on any atom is 0.326 e. The van der Waals surface area contributed by atoms with E-state index in [1.54, 1.807) is 12.1 Å². The molecule has 112 valence electrons. The predicted molar refractivity (Wildman–Crippen MR) is 84.8 cm³/mol. The van der Waals surface area contributed by atoms with Crippen LogP contribution in [0.4, 0.5) is 0 Å². The Balaban J connectivity index is 1.82. The number of ether oxygens (including phenoxy) is 1. The van der Waals surface area contributed by atoms with Gasteiger partial charge in [0.25, 0.3) is 5.91 Å². The van der Waals surface area contributed by atoms with Gasteiger partial charge in [-0.05, 0) is 54.0 Å². The summed E-state index contributed by atoms with van der Waals surface area (Å²) in [5.41, 5.74) is 0.514. The Labute approximate surface area is 136 Å². The smallest absolute Gasteiger partial charge is 0.326 e. The molecule has 1 aromatic rings. The lowest BCUT2D eigenvalue weighted by Crippen LogP contribution is -2.36. The zero-order valence-electron chi connectivity index (χ0n) is 11.4. The highest BCUT2D eigenvalue weighted by molar-refractivity contribution is 14.1. The summed E-state index contributed by atoms with van der Waals surface area (Å²) in [6.45, 7) is -0.229. The van der Waals surface area contributed by atoms with Gasteiger partial charge in [-0.1, -0.05) is 12.1 Å². The molecule has 1 amide bonds. The second-order valence-electron chi connectivity index (χ2n) is 4.85. The van der Waals surface area contributed by atoms with Crippen molar-refractivity contribution in [3.8, 4) is 0 Å². The summed E-state index contributed by atoms with van der Waals surface area (Å²) in [4.78, 5) is 35.2. The summed E-state index contributed by atoms with van der Waals surface area (Å²) >= 11 is 2.06. The Hall–Kier alpha value is -1.44. The van der Waals surface area contributed by atoms with Gasteiger partial charge in [0.1, 0.15) is 6.54 Å². The fraction of sp³-hybridized carbons (Fsp3) is 0.400. The molecule has 6 heteroatoms. The van der Waals surface area contributed by atoms with E-state index in [1.807, 2.05) is 12.1 Å². The van der Waals surface area contributed by atoms with Crippen LogP contribution in [0.15, 0.2) is 24.3 Å². The number of rotatable bonds is 4. The highest BCUT2D eigenvalue weighted by Crippen LogP contribution is 2.17. The van der Waals surface area contributed by atoms with Crippen molar-refractivity contribution in [3.05, 3.63) is 33.4 Å². The summed E-state index contributed by atoms with van der Waals surface area (Å²) in [7, 11) is 0. The van der Waals surface area contributed by atoms with Gasteiger partial charge in [0, 0.05) is 9.99 Å². The van der Waals surface area contributed by atoms with Gasteiger partial charge in [0.2, 0.25) is 0 Å². The number of amides is 1. The van der Waals surface area contributed by atoms with Crippen molar-refractivity contribution in [3.63, 3.8) is 0 Å². The van der Waals surface area contributed by atoms with Crippen LogP contribution in [0.25, 0.3) is 0 Å². The minimum absolute atomic E-state index is 0.0291. The van der Waals surface area contributed by atoms with Crippen LogP contribution in [-0.4, -0.2) is 30.3 Å². The maximum absolute atomic E-state index is 11.9. The Morgan fingerprint density at radius 3 is 2.76 bits per heavy atom. The molecule has 1 aliphatic carbocycles. The SMILES string of the molecule is O=C(CNC(=O)c1ccccc1I)O[C@@H]1CCCCC1=O. The van der Waals surface area contributed by atoms with E-state index in [9.17, 15) is 14.4 Å². The monoisotopic (exact) mass is 401 g/mol. The first-order valence-corrected chi connectivity index (χ1v) is 7.90. The second kappa shape index (κ2) is 7.53. The summed E-state index contributed by atoms with van der Waals surface area (Å²) in [5.74, 6) is -0.931. The average molecular weight is 401 g/mol. The quantitative estimate of drug-likeness (QED) is 0.620. The third kappa shape index (κ3) is 4.52. The number of Topliss-reactive ketones (excluding diaryl/α,β-unsaturated/α-hetero) is 1. The number of ketones is 1. The third-order valence-electron chi connectivity index (χ3n) is 3.28. The normalized spacial score (nSPS) is 18.1. The number of halogens is 1. The van der Waals surface area contributed by atoms with Crippen molar-refractivity contribution in [2.75, 3.05) is 6.54 Å². The molecule has 5 nitrogen and oxygen atoms in total. The zero-order valence-corrected chi connectivity index (χ0v) is 13.6. The molecule has 1 fully saturated rings. The van der Waals surface area contributed by atoms with Gasteiger partial charge in [-0.3, -0.25) is 14.4 Å². The molecule has 2 rings (SSSR count). The van der Waals surface area contributed by atoms with Crippen molar-refractivity contribution < 1.29 is 19.1 Å². The number of carbonyl (C=O) groups excluding carboxylic acids is 3. The molecule has 0 saturated heterocycles. The maximum atomic E-state index is 11.9. The van der Waals surface area contributed by atoms with Gasteiger partial charge in [-0.15, -0.1) is 0 Å². The number of esters is 1. The number of carbonyl (C=O) groups is 3. The van der Waals surface area contributed by atoms with Crippen LogP contribution in [0.3, 0.4) is 0 Å². The minimum atomic E-state index is -0.639. The number of nitrogens with one attached hydrogen (secondary N) is 1. The molecule has 0 radical (unpaired) electrons. The van der Waals surface area contributed by atoms with E-state index < -0.39 is 12.1 Å². The lowest BCUT2D eigenvalue weighted by molar-refractivity contribution is -0.155. The Kier molecular flexibility index (Phi) is 5.72. The van der Waals surface area contributed by atoms with Crippen molar-refractivity contribution in [2.45, 2.75) is 31.8 Å². The van der Waals surface area contributed by atoms with Gasteiger partial charge >= 0.3 is 5.97 Å². The van der Waals surface area contributed by atoms with Gasteiger partial charge in [-0.2, -0.15) is 0 Å². The lowest BCUT2D eigenvalue weighted by Gasteiger charge is -2.20. The topological polar surface area (TPSA) is 72.5 Å². The summed E-state index contributed by atoms with van der Waals surface area (Å²) in [6, 6.07) is 7.10. The van der Waals surface area contributed by atoms with Crippen LogP contribution in [0.2, 0.25) is 0 Å². The van der Waals surface area contributed by atoms with E-state index in [4.69, 9.17) is 4.74 Å². The van der Waals surface area contributed by atoms with Crippen LogP contribution in [-0.2, 0) is 14.3 Å². The Morgan fingerprint density at radius 2 is 2.05 bits per heavy atom. The fourth-order valence-electron chi connectivity index (χ4n) is 2.17. The molecule has 1 saturated carbocycles. The fourth-order valence-corrected chi connectivity index (χ4v) is 2.80. The lowest BCUT2D eigenvalue weighted by atomic mass is 9.96. The number of hydrogen-bond donors (Lipinski definition) is 1. The van der Waals surface area contributed by atoms with Crippen LogP contribution in [0.1, 0.15) is 36.0 Å². The highest BCUT2D eigenvalue weighted by Gasteiger charge is 2.25. The van der Waals surface area contributed by atoms with Crippen molar-refractivity contribution >= 4 is 40.3 Å². The van der Waals surface area contributed by atoms with Crippen LogP contribution < -0.4 is 5.32 Å². The summed E-state index contributed by atoms with van der Waals surface area (Å²) in [6.07, 6.45) is 2.15. The second-order valence-corrected chi connectivity index (χ2v) is 6.02. The Bertz CT molecular complexity index is 558. The van der Waals surface area contributed by atoms with E-state index in [2.05, 4.69) is 27.9 Å². The molecule has 0 aromatic heterocycles. The molecule has 1 atom stereocenters. The highest BCUT2D eigenvalue weighted by atomic mass is 127. The molecule has 1 aliphatic rings. The van der Waals surface area contributed by atoms with Gasteiger partial charge < -0.3 is 10.1 Å². The predicted octanol–water partition coefficient (Wildman–Crippen LogP) is 2.08. The van der Waals surface area contributed by atoms with Gasteiger partial charge in [-0.25, -0.2) is 0 Å². The first-order valence-electron chi connectivity index (χ1n) is 6.83. The standard InChI is InChI=1S/C15H16INO4/c16-11-6-2-1-5-10(11)15(20)17-9-14(19)21-13-8-4-3-7-12(13)18/h1-2,5-6,13H,3-4,7-9H2,(H,17,20)/t13-/m1/s1. The van der Waals surface area contributed by atoms with E-state index in [0.717, 1.165) is 16.4 Å². The number of hydrogen-bond acceptors (Lipinski definition) is 4. The molecule has 1 N–H and O–H groups in total. The molecular formula is C15H16INO4. The summed E-state index contributed by atoms with van der Waals surface area (Å²) < 4.78 is 5.92. The van der Waals surface area contributed by atoms with E-state index in [0.29, 0.717) is 18.4 Å². The molecule has 1 aromatic carbocycles. The molecule has 0 heterocycles. The van der Waals surface area contributed by atoms with E-state index in [1.165, 1.54) is 0 Å². The molecule has 0 spiro atoms. The molecular weight excluding hydrogens is 385 g/mol. The van der Waals surface area contributed by atoms with Crippen LogP contribution in [0, 0.1) is 3.57 Å². The summed E-state index contributed by atoms with van der Waals surface area (Å²) in [5, 5.41) is 2.51. The number of benzene rings is 1. The van der Waals surface area contributed by atoms with Crippen molar-refractivity contribution in [2.24, 2.45) is 0 Å². The molecule has 21 heavy (non-hydrogen) atoms. The first kappa shape index (κ1) is 15.9. The molecule has 0 bridgehead atoms. The van der Waals surface area contributed by atoms with E-state index in [-0.39, 0.29) is 18.2 Å². The average Bonchev–Trinajstić information content (AvgIpc) is 2.48. The largest absolute Gasteiger partial charge is 0.453 e.